The molecule has 23 heavy (non-hydrogen) atoms. The average Bonchev–Trinajstić information content (AvgIpc) is 2.52. The average molecular weight is 321 g/mol. The van der Waals surface area contributed by atoms with Crippen LogP contribution in [0.15, 0.2) is 18.2 Å². The normalized spacial score (nSPS) is 12.0. The third kappa shape index (κ3) is 7.40. The van der Waals surface area contributed by atoms with Crippen LogP contribution in [-0.4, -0.2) is 11.7 Å². The van der Waals surface area contributed by atoms with Crippen LogP contribution in [0.2, 0.25) is 0 Å². The zero-order valence-corrected chi connectivity index (χ0v) is 14.5. The van der Waals surface area contributed by atoms with E-state index < -0.39 is 0 Å². The Hall–Kier alpha value is -1.71. The molecule has 1 aromatic rings. The molecule has 0 aliphatic heterocycles. The van der Waals surface area contributed by atoms with Gasteiger partial charge in [0.15, 0.2) is 0 Å². The van der Waals surface area contributed by atoms with Gasteiger partial charge in [0.2, 0.25) is 5.91 Å². The zero-order chi connectivity index (χ0) is 17.2. The second-order valence-corrected chi connectivity index (χ2v) is 6.10. The van der Waals surface area contributed by atoms with Gasteiger partial charge in [0.25, 0.3) is 0 Å². The molecule has 0 saturated carbocycles. The third-order valence-corrected chi connectivity index (χ3v) is 4.10. The molecule has 0 spiro atoms. The summed E-state index contributed by atoms with van der Waals surface area (Å²) in [6.45, 7) is 5.68. The molecule has 0 fully saturated rings. The molecule has 0 saturated heterocycles. The van der Waals surface area contributed by atoms with Crippen molar-refractivity contribution in [3.63, 3.8) is 0 Å². The standard InChI is InChI=1S/C19H28FNO2/c1-4-14(3)19(23)21-17-12-15(11-16(20)13-17)9-7-6-8-10-18(22)5-2/h11-14H,4-10H2,1-3H3,(H,21,23). The smallest absolute Gasteiger partial charge is 0.227 e. The van der Waals surface area contributed by atoms with Crippen LogP contribution in [0.5, 0.6) is 0 Å². The molecule has 1 atom stereocenters. The maximum absolute atomic E-state index is 13.7. The first-order valence-corrected chi connectivity index (χ1v) is 8.58. The predicted molar refractivity (Wildman–Crippen MR) is 92.0 cm³/mol. The van der Waals surface area contributed by atoms with Crippen molar-refractivity contribution in [3.8, 4) is 0 Å². The van der Waals surface area contributed by atoms with Gasteiger partial charge in [-0.3, -0.25) is 9.59 Å². The van der Waals surface area contributed by atoms with E-state index in [1.165, 1.54) is 12.1 Å². The third-order valence-electron chi connectivity index (χ3n) is 4.10. The van der Waals surface area contributed by atoms with E-state index in [2.05, 4.69) is 5.32 Å². The van der Waals surface area contributed by atoms with Crippen LogP contribution in [0.25, 0.3) is 0 Å². The number of unbranched alkanes of at least 4 members (excludes halogenated alkanes) is 2. The number of halogens is 1. The monoisotopic (exact) mass is 321 g/mol. The van der Waals surface area contributed by atoms with E-state index in [0.717, 1.165) is 37.7 Å². The zero-order valence-electron chi connectivity index (χ0n) is 14.5. The summed E-state index contributed by atoms with van der Waals surface area (Å²) in [6.07, 6.45) is 5.50. The van der Waals surface area contributed by atoms with Crippen molar-refractivity contribution < 1.29 is 14.0 Å². The number of aryl methyl sites for hydroxylation is 1. The fourth-order valence-electron chi connectivity index (χ4n) is 2.32. The van der Waals surface area contributed by atoms with Crippen molar-refractivity contribution in [2.24, 2.45) is 5.92 Å². The van der Waals surface area contributed by atoms with Gasteiger partial charge in [-0.2, -0.15) is 0 Å². The van der Waals surface area contributed by atoms with Gasteiger partial charge in [0, 0.05) is 24.4 Å². The van der Waals surface area contributed by atoms with Crippen LogP contribution in [0, 0.1) is 11.7 Å². The minimum atomic E-state index is -0.330. The Bertz CT molecular complexity index is 528. The number of hydrogen-bond donors (Lipinski definition) is 1. The first kappa shape index (κ1) is 19.3. The van der Waals surface area contributed by atoms with E-state index in [1.54, 1.807) is 0 Å². The first-order valence-electron chi connectivity index (χ1n) is 8.58. The molecule has 0 aromatic heterocycles. The summed E-state index contributed by atoms with van der Waals surface area (Å²) in [5.41, 5.74) is 1.40. The molecule has 0 heterocycles. The highest BCUT2D eigenvalue weighted by Gasteiger charge is 2.11. The molecule has 0 aliphatic carbocycles. The van der Waals surface area contributed by atoms with Gasteiger partial charge in [0.05, 0.1) is 0 Å². The van der Waals surface area contributed by atoms with Crippen LogP contribution in [0.3, 0.4) is 0 Å². The van der Waals surface area contributed by atoms with Crippen molar-refractivity contribution >= 4 is 17.4 Å². The maximum atomic E-state index is 13.7. The Balaban J connectivity index is 2.50. The van der Waals surface area contributed by atoms with Crippen LogP contribution in [0.4, 0.5) is 10.1 Å². The van der Waals surface area contributed by atoms with Crippen molar-refractivity contribution in [2.45, 2.75) is 65.7 Å². The Morgan fingerprint density at radius 2 is 1.87 bits per heavy atom. The van der Waals surface area contributed by atoms with Crippen molar-refractivity contribution in [1.29, 1.82) is 0 Å². The summed E-state index contributed by atoms with van der Waals surface area (Å²) < 4.78 is 13.7. The summed E-state index contributed by atoms with van der Waals surface area (Å²) in [5, 5.41) is 2.77. The molecule has 1 unspecified atom stereocenters. The number of hydrogen-bond acceptors (Lipinski definition) is 2. The maximum Gasteiger partial charge on any atom is 0.227 e. The molecule has 1 amide bonds. The van der Waals surface area contributed by atoms with Gasteiger partial charge in [-0.15, -0.1) is 0 Å². The Labute approximate surface area is 138 Å². The van der Waals surface area contributed by atoms with E-state index in [0.29, 0.717) is 24.3 Å². The van der Waals surface area contributed by atoms with Crippen molar-refractivity contribution in [2.75, 3.05) is 5.32 Å². The number of carbonyl (C=O) groups is 2. The number of carbonyl (C=O) groups excluding carboxylic acids is 2. The van der Waals surface area contributed by atoms with E-state index in [9.17, 15) is 14.0 Å². The summed E-state index contributed by atoms with van der Waals surface area (Å²) in [7, 11) is 0. The molecule has 1 N–H and O–H groups in total. The van der Waals surface area contributed by atoms with Crippen LogP contribution in [-0.2, 0) is 16.0 Å². The topological polar surface area (TPSA) is 46.2 Å². The molecule has 128 valence electrons. The SMILES string of the molecule is CCC(=O)CCCCCc1cc(F)cc(NC(=O)C(C)CC)c1. The minimum Gasteiger partial charge on any atom is -0.326 e. The Morgan fingerprint density at radius 3 is 2.52 bits per heavy atom. The molecule has 1 rings (SSSR count). The Morgan fingerprint density at radius 1 is 1.13 bits per heavy atom. The second kappa shape index (κ2) is 10.1. The lowest BCUT2D eigenvalue weighted by Crippen LogP contribution is -2.19. The molecular formula is C19H28FNO2. The summed E-state index contributed by atoms with van der Waals surface area (Å²) >= 11 is 0. The van der Waals surface area contributed by atoms with Gasteiger partial charge < -0.3 is 5.32 Å². The highest BCUT2D eigenvalue weighted by Crippen LogP contribution is 2.18. The van der Waals surface area contributed by atoms with Gasteiger partial charge in [-0.05, 0) is 49.4 Å². The highest BCUT2D eigenvalue weighted by molar-refractivity contribution is 5.92. The molecule has 0 radical (unpaired) electrons. The lowest BCUT2D eigenvalue weighted by Gasteiger charge is -2.11. The molecule has 0 bridgehead atoms. The molecular weight excluding hydrogens is 293 g/mol. The largest absolute Gasteiger partial charge is 0.326 e. The van der Waals surface area contributed by atoms with Crippen LogP contribution < -0.4 is 5.32 Å². The molecule has 3 nitrogen and oxygen atoms in total. The number of benzene rings is 1. The summed E-state index contributed by atoms with van der Waals surface area (Å²) in [6, 6.07) is 4.69. The highest BCUT2D eigenvalue weighted by atomic mass is 19.1. The van der Waals surface area contributed by atoms with Crippen molar-refractivity contribution in [1.82, 2.24) is 0 Å². The molecule has 4 heteroatoms. The van der Waals surface area contributed by atoms with Gasteiger partial charge in [-0.1, -0.05) is 27.2 Å². The number of anilines is 1. The van der Waals surface area contributed by atoms with Gasteiger partial charge in [0.1, 0.15) is 11.6 Å². The van der Waals surface area contributed by atoms with Crippen LogP contribution in [0.1, 0.15) is 64.9 Å². The lowest BCUT2D eigenvalue weighted by atomic mass is 10.0. The van der Waals surface area contributed by atoms with Gasteiger partial charge >= 0.3 is 0 Å². The fourth-order valence-corrected chi connectivity index (χ4v) is 2.32. The van der Waals surface area contributed by atoms with Crippen molar-refractivity contribution in [3.05, 3.63) is 29.6 Å². The van der Waals surface area contributed by atoms with E-state index >= 15 is 0 Å². The lowest BCUT2D eigenvalue weighted by molar-refractivity contribution is -0.120. The number of rotatable bonds is 10. The summed E-state index contributed by atoms with van der Waals surface area (Å²) in [5.74, 6) is -0.200. The second-order valence-electron chi connectivity index (χ2n) is 6.10. The van der Waals surface area contributed by atoms with Crippen LogP contribution >= 0.6 is 0 Å². The first-order chi connectivity index (χ1) is 11.0. The van der Waals surface area contributed by atoms with Gasteiger partial charge in [-0.25, -0.2) is 4.39 Å². The Kier molecular flexibility index (Phi) is 8.52. The minimum absolute atomic E-state index is 0.0814. The molecule has 0 aliphatic rings. The number of ketones is 1. The number of nitrogens with one attached hydrogen (secondary N) is 1. The summed E-state index contributed by atoms with van der Waals surface area (Å²) in [4.78, 5) is 23.1. The fraction of sp³-hybridized carbons (Fsp3) is 0.579. The quantitative estimate of drug-likeness (QED) is 0.623. The van der Waals surface area contributed by atoms with E-state index in [4.69, 9.17) is 0 Å². The van der Waals surface area contributed by atoms with E-state index in [-0.39, 0.29) is 17.6 Å². The molecule has 1 aromatic carbocycles. The predicted octanol–water partition coefficient (Wildman–Crippen LogP) is 4.89. The van der Waals surface area contributed by atoms with E-state index in [1.807, 2.05) is 26.8 Å². The number of Topliss-reactive ketones (excluding diaryl/α,β-unsaturated/α-hetero) is 1. The number of amides is 1.